The Bertz CT molecular complexity index is 506. The summed E-state index contributed by atoms with van der Waals surface area (Å²) in [5.74, 6) is 1.35. The second-order valence-corrected chi connectivity index (χ2v) is 5.40. The van der Waals surface area contributed by atoms with Gasteiger partial charge in [-0.3, -0.25) is 0 Å². The van der Waals surface area contributed by atoms with Crippen molar-refractivity contribution in [1.29, 1.82) is 0 Å². The minimum absolute atomic E-state index is 0.480. The van der Waals surface area contributed by atoms with Gasteiger partial charge in [0.1, 0.15) is 11.5 Å². The van der Waals surface area contributed by atoms with E-state index in [9.17, 15) is 5.11 Å². The van der Waals surface area contributed by atoms with Crippen LogP contribution in [0.1, 0.15) is 16.5 Å². The SMILES string of the molecule is COc1cc(OC)cc(C(O)CNCc2cccs2)c1. The number of aliphatic hydroxyl groups is 1. The Balaban J connectivity index is 1.95. The molecule has 0 aliphatic carbocycles. The monoisotopic (exact) mass is 293 g/mol. The van der Waals surface area contributed by atoms with Gasteiger partial charge in [0.15, 0.2) is 0 Å². The third-order valence-electron chi connectivity index (χ3n) is 2.98. The summed E-state index contributed by atoms with van der Waals surface area (Å²) in [6.07, 6.45) is -0.598. The fourth-order valence-electron chi connectivity index (χ4n) is 1.88. The van der Waals surface area contributed by atoms with Gasteiger partial charge in [0, 0.05) is 24.0 Å². The molecule has 1 aromatic heterocycles. The molecule has 0 spiro atoms. The Labute approximate surface area is 123 Å². The third-order valence-corrected chi connectivity index (χ3v) is 3.85. The largest absolute Gasteiger partial charge is 0.497 e. The number of nitrogens with one attached hydrogen (secondary N) is 1. The van der Waals surface area contributed by atoms with Gasteiger partial charge in [0.05, 0.1) is 20.3 Å². The molecule has 108 valence electrons. The second kappa shape index (κ2) is 7.28. The Morgan fingerprint density at radius 3 is 2.45 bits per heavy atom. The van der Waals surface area contributed by atoms with Crippen LogP contribution in [-0.2, 0) is 6.54 Å². The van der Waals surface area contributed by atoms with E-state index >= 15 is 0 Å². The summed E-state index contributed by atoms with van der Waals surface area (Å²) >= 11 is 1.70. The highest BCUT2D eigenvalue weighted by Gasteiger charge is 2.10. The van der Waals surface area contributed by atoms with E-state index in [1.807, 2.05) is 23.6 Å². The quantitative estimate of drug-likeness (QED) is 0.824. The molecule has 1 aromatic carbocycles. The van der Waals surface area contributed by atoms with Crippen LogP contribution in [0, 0.1) is 0 Å². The van der Waals surface area contributed by atoms with E-state index in [0.29, 0.717) is 18.0 Å². The van der Waals surface area contributed by atoms with Gasteiger partial charge in [-0.25, -0.2) is 0 Å². The fraction of sp³-hybridized carbons (Fsp3) is 0.333. The Hall–Kier alpha value is -1.56. The smallest absolute Gasteiger partial charge is 0.122 e. The lowest BCUT2D eigenvalue weighted by Gasteiger charge is -2.14. The predicted molar refractivity (Wildman–Crippen MR) is 80.5 cm³/mol. The van der Waals surface area contributed by atoms with Gasteiger partial charge in [0.25, 0.3) is 0 Å². The first-order chi connectivity index (χ1) is 9.72. The highest BCUT2D eigenvalue weighted by atomic mass is 32.1. The summed E-state index contributed by atoms with van der Waals surface area (Å²) in [7, 11) is 3.19. The van der Waals surface area contributed by atoms with E-state index in [0.717, 1.165) is 12.1 Å². The Morgan fingerprint density at radius 1 is 1.20 bits per heavy atom. The third kappa shape index (κ3) is 3.96. The zero-order valence-corrected chi connectivity index (χ0v) is 12.4. The Kier molecular flexibility index (Phi) is 5.40. The lowest BCUT2D eigenvalue weighted by Crippen LogP contribution is -2.20. The van der Waals surface area contributed by atoms with E-state index in [-0.39, 0.29) is 0 Å². The standard InChI is InChI=1S/C15H19NO3S/c1-18-12-6-11(7-13(8-12)19-2)15(17)10-16-9-14-4-3-5-20-14/h3-8,15-17H,9-10H2,1-2H3. The van der Waals surface area contributed by atoms with Gasteiger partial charge in [-0.1, -0.05) is 6.07 Å². The molecule has 2 aromatic rings. The van der Waals surface area contributed by atoms with Crippen LogP contribution in [0.5, 0.6) is 11.5 Å². The molecule has 1 unspecified atom stereocenters. The van der Waals surface area contributed by atoms with Crippen LogP contribution in [0.25, 0.3) is 0 Å². The summed E-state index contributed by atoms with van der Waals surface area (Å²) in [5.41, 5.74) is 0.778. The van der Waals surface area contributed by atoms with Crippen molar-refractivity contribution in [3.63, 3.8) is 0 Å². The van der Waals surface area contributed by atoms with Gasteiger partial charge in [-0.05, 0) is 29.1 Å². The molecule has 1 heterocycles. The number of rotatable bonds is 7. The molecule has 2 N–H and O–H groups in total. The predicted octanol–water partition coefficient (Wildman–Crippen LogP) is 2.59. The minimum atomic E-state index is -0.598. The van der Waals surface area contributed by atoms with Crippen molar-refractivity contribution >= 4 is 11.3 Å². The highest BCUT2D eigenvalue weighted by molar-refractivity contribution is 7.09. The first-order valence-electron chi connectivity index (χ1n) is 6.37. The van der Waals surface area contributed by atoms with Crippen molar-refractivity contribution in [3.05, 3.63) is 46.2 Å². The van der Waals surface area contributed by atoms with Crippen LogP contribution >= 0.6 is 11.3 Å². The highest BCUT2D eigenvalue weighted by Crippen LogP contribution is 2.26. The molecule has 0 saturated heterocycles. The summed E-state index contributed by atoms with van der Waals surface area (Å²) < 4.78 is 10.4. The van der Waals surface area contributed by atoms with Crippen molar-refractivity contribution < 1.29 is 14.6 Å². The molecule has 0 bridgehead atoms. The van der Waals surface area contributed by atoms with Crippen molar-refractivity contribution in [2.45, 2.75) is 12.6 Å². The van der Waals surface area contributed by atoms with E-state index in [4.69, 9.17) is 9.47 Å². The van der Waals surface area contributed by atoms with Crippen LogP contribution < -0.4 is 14.8 Å². The maximum absolute atomic E-state index is 10.2. The maximum Gasteiger partial charge on any atom is 0.122 e. The first kappa shape index (κ1) is 14.8. The van der Waals surface area contributed by atoms with Crippen LogP contribution in [-0.4, -0.2) is 25.9 Å². The molecule has 0 aliphatic heterocycles. The number of thiophene rings is 1. The molecule has 0 fully saturated rings. The number of aliphatic hydroxyl groups excluding tert-OH is 1. The number of ether oxygens (including phenoxy) is 2. The van der Waals surface area contributed by atoms with Gasteiger partial charge in [0.2, 0.25) is 0 Å². The van der Waals surface area contributed by atoms with Crippen molar-refractivity contribution in [2.75, 3.05) is 20.8 Å². The van der Waals surface area contributed by atoms with Crippen molar-refractivity contribution in [3.8, 4) is 11.5 Å². The molecule has 2 rings (SSSR count). The molecule has 0 aliphatic rings. The fourth-order valence-corrected chi connectivity index (χ4v) is 2.56. The van der Waals surface area contributed by atoms with Gasteiger partial charge in [-0.2, -0.15) is 0 Å². The van der Waals surface area contributed by atoms with Crippen LogP contribution in [0.15, 0.2) is 35.7 Å². The normalized spacial score (nSPS) is 12.2. The zero-order chi connectivity index (χ0) is 14.4. The molecular formula is C15H19NO3S. The summed E-state index contributed by atoms with van der Waals surface area (Å²) in [4.78, 5) is 1.25. The average Bonchev–Trinajstić information content (AvgIpc) is 2.99. The molecule has 4 nitrogen and oxygen atoms in total. The summed E-state index contributed by atoms with van der Waals surface area (Å²) in [6, 6.07) is 9.51. The molecule has 5 heteroatoms. The number of methoxy groups -OCH3 is 2. The molecular weight excluding hydrogens is 274 g/mol. The zero-order valence-electron chi connectivity index (χ0n) is 11.6. The number of hydrogen-bond acceptors (Lipinski definition) is 5. The van der Waals surface area contributed by atoms with Crippen LogP contribution in [0.2, 0.25) is 0 Å². The van der Waals surface area contributed by atoms with Crippen molar-refractivity contribution in [1.82, 2.24) is 5.32 Å². The number of hydrogen-bond donors (Lipinski definition) is 2. The van der Waals surface area contributed by atoms with Crippen molar-refractivity contribution in [2.24, 2.45) is 0 Å². The topological polar surface area (TPSA) is 50.7 Å². The molecule has 1 atom stereocenters. The lowest BCUT2D eigenvalue weighted by atomic mass is 10.1. The summed E-state index contributed by atoms with van der Waals surface area (Å²) in [6.45, 7) is 1.24. The lowest BCUT2D eigenvalue weighted by molar-refractivity contribution is 0.173. The number of benzene rings is 1. The van der Waals surface area contributed by atoms with Gasteiger partial charge >= 0.3 is 0 Å². The molecule has 0 amide bonds. The molecule has 0 radical (unpaired) electrons. The van der Waals surface area contributed by atoms with E-state index in [1.165, 1.54) is 4.88 Å². The maximum atomic E-state index is 10.2. The summed E-state index contributed by atoms with van der Waals surface area (Å²) in [5, 5.41) is 15.5. The average molecular weight is 293 g/mol. The van der Waals surface area contributed by atoms with Crippen LogP contribution in [0.3, 0.4) is 0 Å². The van der Waals surface area contributed by atoms with E-state index in [2.05, 4.69) is 11.4 Å². The van der Waals surface area contributed by atoms with E-state index in [1.54, 1.807) is 31.6 Å². The minimum Gasteiger partial charge on any atom is -0.497 e. The molecule has 20 heavy (non-hydrogen) atoms. The first-order valence-corrected chi connectivity index (χ1v) is 7.25. The Morgan fingerprint density at radius 2 is 1.90 bits per heavy atom. The second-order valence-electron chi connectivity index (χ2n) is 4.37. The van der Waals surface area contributed by atoms with E-state index < -0.39 is 6.10 Å². The van der Waals surface area contributed by atoms with Gasteiger partial charge < -0.3 is 19.9 Å². The van der Waals surface area contributed by atoms with Gasteiger partial charge in [-0.15, -0.1) is 11.3 Å². The van der Waals surface area contributed by atoms with Crippen LogP contribution in [0.4, 0.5) is 0 Å². The molecule has 0 saturated carbocycles.